The fourth-order valence-electron chi connectivity index (χ4n) is 1.38. The average molecular weight is 172 g/mol. The van der Waals surface area contributed by atoms with Crippen molar-refractivity contribution in [1.29, 1.82) is 0 Å². The molecule has 2 heteroatoms. The van der Waals surface area contributed by atoms with Gasteiger partial charge in [-0.3, -0.25) is 4.79 Å². The molecule has 0 spiro atoms. The highest BCUT2D eigenvalue weighted by Crippen LogP contribution is 2.33. The Morgan fingerprint density at radius 1 is 1.42 bits per heavy atom. The van der Waals surface area contributed by atoms with E-state index in [-0.39, 0.29) is 11.3 Å². The summed E-state index contributed by atoms with van der Waals surface area (Å²) in [6.45, 7) is 8.14. The quantitative estimate of drug-likeness (QED) is 0.692. The fourth-order valence-corrected chi connectivity index (χ4v) is 1.38. The molecule has 0 rings (SSSR count). The summed E-state index contributed by atoms with van der Waals surface area (Å²) >= 11 is 0. The smallest absolute Gasteiger partial charge is 0.307 e. The molecular formula is C10H20O2. The molecule has 1 atom stereocenters. The summed E-state index contributed by atoms with van der Waals surface area (Å²) in [6.07, 6.45) is 2.65. The molecule has 1 N–H and O–H groups in total. The minimum Gasteiger partial charge on any atom is -0.481 e. The van der Waals surface area contributed by atoms with Crippen molar-refractivity contribution in [3.63, 3.8) is 0 Å². The Bertz CT molecular complexity index is 150. The molecule has 0 saturated heterocycles. The largest absolute Gasteiger partial charge is 0.481 e. The van der Waals surface area contributed by atoms with Gasteiger partial charge < -0.3 is 5.11 Å². The minimum absolute atomic E-state index is 0.0676. The van der Waals surface area contributed by atoms with Crippen molar-refractivity contribution >= 4 is 5.97 Å². The maximum Gasteiger partial charge on any atom is 0.307 e. The SMILES string of the molecule is CCCC(C(=O)O)C(C)(C)CC. The second kappa shape index (κ2) is 4.48. The van der Waals surface area contributed by atoms with Crippen molar-refractivity contribution in [3.05, 3.63) is 0 Å². The van der Waals surface area contributed by atoms with Crippen LogP contribution in [-0.2, 0) is 4.79 Å². The van der Waals surface area contributed by atoms with Gasteiger partial charge in [-0.15, -0.1) is 0 Å². The normalized spacial score (nSPS) is 14.3. The monoisotopic (exact) mass is 172 g/mol. The summed E-state index contributed by atoms with van der Waals surface area (Å²) in [5.41, 5.74) is -0.0676. The van der Waals surface area contributed by atoms with Gasteiger partial charge in [0.15, 0.2) is 0 Å². The van der Waals surface area contributed by atoms with Crippen molar-refractivity contribution in [2.24, 2.45) is 11.3 Å². The highest BCUT2D eigenvalue weighted by molar-refractivity contribution is 5.70. The summed E-state index contributed by atoms with van der Waals surface area (Å²) in [4.78, 5) is 10.9. The van der Waals surface area contributed by atoms with Gasteiger partial charge in [0.25, 0.3) is 0 Å². The maximum atomic E-state index is 10.9. The number of rotatable bonds is 5. The van der Waals surface area contributed by atoms with Crippen molar-refractivity contribution in [2.45, 2.75) is 47.0 Å². The Hall–Kier alpha value is -0.530. The lowest BCUT2D eigenvalue weighted by Crippen LogP contribution is -2.30. The summed E-state index contributed by atoms with van der Waals surface area (Å²) in [5.74, 6) is -0.837. The summed E-state index contributed by atoms with van der Waals surface area (Å²) in [6, 6.07) is 0. The second-order valence-corrected chi connectivity index (χ2v) is 4.02. The van der Waals surface area contributed by atoms with Crippen LogP contribution in [-0.4, -0.2) is 11.1 Å². The average Bonchev–Trinajstić information content (AvgIpc) is 1.99. The number of carbonyl (C=O) groups is 1. The molecule has 0 heterocycles. The first-order valence-corrected chi connectivity index (χ1v) is 4.68. The van der Waals surface area contributed by atoms with E-state index in [4.69, 9.17) is 5.11 Å². The van der Waals surface area contributed by atoms with Gasteiger partial charge >= 0.3 is 5.97 Å². The Kier molecular flexibility index (Phi) is 4.29. The van der Waals surface area contributed by atoms with E-state index in [1.54, 1.807) is 0 Å². The van der Waals surface area contributed by atoms with Crippen molar-refractivity contribution in [1.82, 2.24) is 0 Å². The Balaban J connectivity index is 4.38. The number of carboxylic acid groups (broad SMARTS) is 1. The number of carboxylic acids is 1. The van der Waals surface area contributed by atoms with Crippen molar-refractivity contribution < 1.29 is 9.90 Å². The lowest BCUT2D eigenvalue weighted by molar-refractivity contribution is -0.146. The van der Waals surface area contributed by atoms with Crippen LogP contribution in [0.4, 0.5) is 0 Å². The third kappa shape index (κ3) is 2.84. The van der Waals surface area contributed by atoms with Gasteiger partial charge in [0, 0.05) is 0 Å². The van der Waals surface area contributed by atoms with Gasteiger partial charge in [0.1, 0.15) is 0 Å². The molecule has 0 saturated carbocycles. The van der Waals surface area contributed by atoms with Crippen LogP contribution in [0.5, 0.6) is 0 Å². The van der Waals surface area contributed by atoms with Gasteiger partial charge in [0.2, 0.25) is 0 Å². The molecule has 72 valence electrons. The van der Waals surface area contributed by atoms with E-state index in [9.17, 15) is 4.79 Å². The molecule has 12 heavy (non-hydrogen) atoms. The highest BCUT2D eigenvalue weighted by Gasteiger charge is 2.32. The third-order valence-electron chi connectivity index (χ3n) is 2.73. The van der Waals surface area contributed by atoms with Crippen LogP contribution in [0.25, 0.3) is 0 Å². The van der Waals surface area contributed by atoms with Gasteiger partial charge in [0.05, 0.1) is 5.92 Å². The van der Waals surface area contributed by atoms with Gasteiger partial charge in [-0.2, -0.15) is 0 Å². The molecule has 0 aromatic carbocycles. The van der Waals surface area contributed by atoms with E-state index in [0.29, 0.717) is 0 Å². The summed E-state index contributed by atoms with van der Waals surface area (Å²) in [7, 11) is 0. The number of hydrogen-bond donors (Lipinski definition) is 1. The molecule has 0 aliphatic rings. The number of hydrogen-bond acceptors (Lipinski definition) is 1. The first-order chi connectivity index (χ1) is 5.45. The van der Waals surface area contributed by atoms with E-state index >= 15 is 0 Å². The Morgan fingerprint density at radius 3 is 2.17 bits per heavy atom. The zero-order valence-corrected chi connectivity index (χ0v) is 8.55. The van der Waals surface area contributed by atoms with Crippen LogP contribution in [0.15, 0.2) is 0 Å². The first-order valence-electron chi connectivity index (χ1n) is 4.68. The fraction of sp³-hybridized carbons (Fsp3) is 0.900. The zero-order chi connectivity index (χ0) is 9.78. The molecule has 0 aliphatic carbocycles. The molecule has 0 fully saturated rings. The van der Waals surface area contributed by atoms with Crippen LogP contribution in [0.2, 0.25) is 0 Å². The standard InChI is InChI=1S/C10H20O2/c1-5-7-8(9(11)12)10(3,4)6-2/h8H,5-7H2,1-4H3,(H,11,12). The van der Waals surface area contributed by atoms with E-state index < -0.39 is 5.97 Å². The van der Waals surface area contributed by atoms with Crippen LogP contribution in [0.1, 0.15) is 47.0 Å². The summed E-state index contributed by atoms with van der Waals surface area (Å²) < 4.78 is 0. The topological polar surface area (TPSA) is 37.3 Å². The van der Waals surface area contributed by atoms with E-state index in [2.05, 4.69) is 0 Å². The minimum atomic E-state index is -0.649. The molecule has 0 aliphatic heterocycles. The maximum absolute atomic E-state index is 10.9. The second-order valence-electron chi connectivity index (χ2n) is 4.02. The van der Waals surface area contributed by atoms with Crippen LogP contribution < -0.4 is 0 Å². The van der Waals surface area contributed by atoms with Gasteiger partial charge in [-0.1, -0.05) is 40.5 Å². The van der Waals surface area contributed by atoms with Crippen molar-refractivity contribution in [3.8, 4) is 0 Å². The van der Waals surface area contributed by atoms with E-state index in [1.165, 1.54) is 0 Å². The third-order valence-corrected chi connectivity index (χ3v) is 2.73. The van der Waals surface area contributed by atoms with Crippen LogP contribution in [0.3, 0.4) is 0 Å². The molecule has 0 radical (unpaired) electrons. The van der Waals surface area contributed by atoms with Crippen molar-refractivity contribution in [2.75, 3.05) is 0 Å². The molecule has 0 aromatic heterocycles. The molecular weight excluding hydrogens is 152 g/mol. The Morgan fingerprint density at radius 2 is 1.92 bits per heavy atom. The van der Waals surface area contributed by atoms with E-state index in [1.807, 2.05) is 27.7 Å². The predicted octanol–water partition coefficient (Wildman–Crippen LogP) is 2.92. The summed E-state index contributed by atoms with van der Waals surface area (Å²) in [5, 5.41) is 8.97. The van der Waals surface area contributed by atoms with Gasteiger partial charge in [-0.25, -0.2) is 0 Å². The molecule has 0 amide bonds. The zero-order valence-electron chi connectivity index (χ0n) is 8.55. The first kappa shape index (κ1) is 11.5. The predicted molar refractivity (Wildman–Crippen MR) is 50.1 cm³/mol. The van der Waals surface area contributed by atoms with Crippen LogP contribution in [0, 0.1) is 11.3 Å². The van der Waals surface area contributed by atoms with Gasteiger partial charge in [-0.05, 0) is 11.8 Å². The highest BCUT2D eigenvalue weighted by atomic mass is 16.4. The molecule has 1 unspecified atom stereocenters. The van der Waals surface area contributed by atoms with E-state index in [0.717, 1.165) is 19.3 Å². The number of aliphatic carboxylic acids is 1. The molecule has 0 aromatic rings. The van der Waals surface area contributed by atoms with Crippen LogP contribution >= 0.6 is 0 Å². The molecule has 2 nitrogen and oxygen atoms in total. The lowest BCUT2D eigenvalue weighted by atomic mass is 9.74. The molecule has 0 bridgehead atoms. The lowest BCUT2D eigenvalue weighted by Gasteiger charge is -2.29. The Labute approximate surface area is 75.0 Å².